The number of carbonyl (C=O) groups excluding carboxylic acids is 1. The van der Waals surface area contributed by atoms with Crippen LogP contribution < -0.4 is 5.32 Å². The molecule has 1 aromatic carbocycles. The van der Waals surface area contributed by atoms with Crippen molar-refractivity contribution in [2.75, 3.05) is 5.75 Å². The second-order valence-corrected chi connectivity index (χ2v) is 6.13. The molecule has 2 N–H and O–H groups in total. The number of aliphatic carboxylic acids is 1. The first kappa shape index (κ1) is 16.7. The normalized spacial score (nSPS) is 11.7. The van der Waals surface area contributed by atoms with Crippen molar-refractivity contribution in [3.05, 3.63) is 35.9 Å². The van der Waals surface area contributed by atoms with Crippen molar-refractivity contribution in [1.82, 2.24) is 5.32 Å². The van der Waals surface area contributed by atoms with Gasteiger partial charge in [0.05, 0.1) is 0 Å². The molecular weight excluding hydrogens is 294 g/mol. The lowest BCUT2D eigenvalue weighted by molar-refractivity contribution is -0.140. The van der Waals surface area contributed by atoms with Gasteiger partial charge in [-0.15, -0.1) is 11.8 Å². The summed E-state index contributed by atoms with van der Waals surface area (Å²) >= 11 is 6.54. The maximum absolute atomic E-state index is 11.0. The molecular formula is C14H17NO3S2. The SMILES string of the molecule is CC(=O)NC(CSC(=S)CCc1ccccc1)C(=O)O. The topological polar surface area (TPSA) is 66.4 Å². The van der Waals surface area contributed by atoms with Crippen LogP contribution >= 0.6 is 24.0 Å². The lowest BCUT2D eigenvalue weighted by Gasteiger charge is -2.13. The number of amides is 1. The van der Waals surface area contributed by atoms with Gasteiger partial charge in [-0.25, -0.2) is 4.79 Å². The van der Waals surface area contributed by atoms with Crippen molar-refractivity contribution >= 4 is 40.1 Å². The molecule has 1 amide bonds. The molecule has 0 bridgehead atoms. The molecule has 1 rings (SSSR count). The van der Waals surface area contributed by atoms with Gasteiger partial charge >= 0.3 is 5.97 Å². The summed E-state index contributed by atoms with van der Waals surface area (Å²) in [6.45, 7) is 1.30. The smallest absolute Gasteiger partial charge is 0.327 e. The van der Waals surface area contributed by atoms with E-state index in [0.717, 1.165) is 17.0 Å². The number of benzene rings is 1. The fourth-order valence-electron chi connectivity index (χ4n) is 1.56. The molecule has 1 atom stereocenters. The van der Waals surface area contributed by atoms with Gasteiger partial charge in [0.25, 0.3) is 0 Å². The third-order valence-corrected chi connectivity index (χ3v) is 4.13. The van der Waals surface area contributed by atoms with E-state index in [2.05, 4.69) is 5.32 Å². The van der Waals surface area contributed by atoms with E-state index >= 15 is 0 Å². The van der Waals surface area contributed by atoms with E-state index in [1.807, 2.05) is 30.3 Å². The molecule has 0 aromatic heterocycles. The van der Waals surface area contributed by atoms with Crippen LogP contribution in [0.4, 0.5) is 0 Å². The Morgan fingerprint density at radius 1 is 1.35 bits per heavy atom. The number of carbonyl (C=O) groups is 2. The number of thioether (sulfide) groups is 1. The fraction of sp³-hybridized carbons (Fsp3) is 0.357. The highest BCUT2D eigenvalue weighted by Gasteiger charge is 2.18. The van der Waals surface area contributed by atoms with Gasteiger partial charge in [0.15, 0.2) is 0 Å². The van der Waals surface area contributed by atoms with Gasteiger partial charge in [-0.1, -0.05) is 42.5 Å². The van der Waals surface area contributed by atoms with Gasteiger partial charge in [-0.3, -0.25) is 4.79 Å². The number of hydrogen-bond donors (Lipinski definition) is 2. The lowest BCUT2D eigenvalue weighted by Crippen LogP contribution is -2.41. The zero-order valence-corrected chi connectivity index (χ0v) is 12.8. The zero-order chi connectivity index (χ0) is 15.0. The van der Waals surface area contributed by atoms with Crippen molar-refractivity contribution in [1.29, 1.82) is 0 Å². The molecule has 0 radical (unpaired) electrons. The maximum Gasteiger partial charge on any atom is 0.327 e. The number of carboxylic acids is 1. The summed E-state index contributed by atoms with van der Waals surface area (Å²) in [7, 11) is 0. The minimum Gasteiger partial charge on any atom is -0.480 e. The minimum absolute atomic E-state index is 0.253. The van der Waals surface area contributed by atoms with Crippen molar-refractivity contribution < 1.29 is 14.7 Å². The fourth-order valence-corrected chi connectivity index (χ4v) is 2.69. The molecule has 6 heteroatoms. The van der Waals surface area contributed by atoms with E-state index < -0.39 is 12.0 Å². The van der Waals surface area contributed by atoms with Gasteiger partial charge in [-0.05, 0) is 18.4 Å². The molecule has 0 aliphatic carbocycles. The molecule has 4 nitrogen and oxygen atoms in total. The number of thiocarbonyl (C=S) groups is 1. The summed E-state index contributed by atoms with van der Waals surface area (Å²) in [6.07, 6.45) is 1.56. The highest BCUT2D eigenvalue weighted by atomic mass is 32.2. The second kappa shape index (κ2) is 8.71. The highest BCUT2D eigenvalue weighted by molar-refractivity contribution is 8.23. The Labute approximate surface area is 127 Å². The number of aryl methyl sites for hydroxylation is 1. The summed E-state index contributed by atoms with van der Waals surface area (Å²) in [6, 6.07) is 9.08. The molecule has 0 saturated carbocycles. The van der Waals surface area contributed by atoms with Crippen molar-refractivity contribution in [3.8, 4) is 0 Å². The number of carboxylic acid groups (broad SMARTS) is 1. The second-order valence-electron chi connectivity index (χ2n) is 4.26. The molecule has 0 saturated heterocycles. The molecule has 1 unspecified atom stereocenters. The molecule has 20 heavy (non-hydrogen) atoms. The van der Waals surface area contributed by atoms with Crippen LogP contribution in [0.25, 0.3) is 0 Å². The predicted octanol–water partition coefficient (Wildman–Crippen LogP) is 2.27. The van der Waals surface area contributed by atoms with Crippen LogP contribution in [0.5, 0.6) is 0 Å². The Morgan fingerprint density at radius 3 is 2.55 bits per heavy atom. The number of rotatable bonds is 7. The molecule has 108 valence electrons. The third kappa shape index (κ3) is 6.68. The zero-order valence-electron chi connectivity index (χ0n) is 11.2. The van der Waals surface area contributed by atoms with Crippen LogP contribution in [0.15, 0.2) is 30.3 Å². The van der Waals surface area contributed by atoms with E-state index in [-0.39, 0.29) is 11.7 Å². The van der Waals surface area contributed by atoms with Crippen molar-refractivity contribution in [2.24, 2.45) is 0 Å². The first-order valence-corrected chi connectivity index (χ1v) is 7.58. The summed E-state index contributed by atoms with van der Waals surface area (Å²) in [4.78, 5) is 21.9. The van der Waals surface area contributed by atoms with Gasteiger partial charge in [0.2, 0.25) is 5.91 Å². The Balaban J connectivity index is 2.34. The first-order valence-electron chi connectivity index (χ1n) is 6.18. The Kier molecular flexibility index (Phi) is 7.25. The number of hydrogen-bond acceptors (Lipinski definition) is 4. The molecule has 1 aromatic rings. The van der Waals surface area contributed by atoms with Crippen LogP contribution in [-0.2, 0) is 16.0 Å². The van der Waals surface area contributed by atoms with E-state index in [4.69, 9.17) is 17.3 Å². The first-order chi connectivity index (χ1) is 9.49. The van der Waals surface area contributed by atoms with E-state index in [1.54, 1.807) is 0 Å². The summed E-state index contributed by atoms with van der Waals surface area (Å²) in [5.41, 5.74) is 1.20. The maximum atomic E-state index is 11.0. The monoisotopic (exact) mass is 311 g/mol. The average Bonchev–Trinajstić information content (AvgIpc) is 2.41. The van der Waals surface area contributed by atoms with Crippen molar-refractivity contribution in [3.63, 3.8) is 0 Å². The van der Waals surface area contributed by atoms with Crippen LogP contribution in [0.2, 0.25) is 0 Å². The largest absolute Gasteiger partial charge is 0.480 e. The quantitative estimate of drug-likeness (QED) is 0.756. The Hall–Kier alpha value is -1.40. The van der Waals surface area contributed by atoms with E-state index in [9.17, 15) is 9.59 Å². The highest BCUT2D eigenvalue weighted by Crippen LogP contribution is 2.13. The molecule has 0 fully saturated rings. The van der Waals surface area contributed by atoms with E-state index in [1.165, 1.54) is 24.2 Å². The standard InChI is InChI=1S/C14H17NO3S2/c1-10(16)15-12(14(17)18)9-20-13(19)8-7-11-5-3-2-4-6-11/h2-6,12H,7-9H2,1H3,(H,15,16)(H,17,18). The van der Waals surface area contributed by atoms with Crippen LogP contribution in [0.3, 0.4) is 0 Å². The molecule has 0 aliphatic heterocycles. The molecule has 0 heterocycles. The average molecular weight is 311 g/mol. The van der Waals surface area contributed by atoms with Crippen LogP contribution in [-0.4, -0.2) is 33.0 Å². The Morgan fingerprint density at radius 2 is 2.00 bits per heavy atom. The Bertz CT molecular complexity index is 477. The predicted molar refractivity (Wildman–Crippen MR) is 85.1 cm³/mol. The van der Waals surface area contributed by atoms with Gasteiger partial charge in [0, 0.05) is 16.9 Å². The molecule has 0 spiro atoms. The van der Waals surface area contributed by atoms with Crippen molar-refractivity contribution in [2.45, 2.75) is 25.8 Å². The lowest BCUT2D eigenvalue weighted by atomic mass is 10.1. The summed E-state index contributed by atoms with van der Waals surface area (Å²) in [5.74, 6) is -1.14. The summed E-state index contributed by atoms with van der Waals surface area (Å²) in [5, 5.41) is 11.4. The third-order valence-electron chi connectivity index (χ3n) is 2.55. The van der Waals surface area contributed by atoms with Gasteiger partial charge in [0.1, 0.15) is 6.04 Å². The van der Waals surface area contributed by atoms with Gasteiger partial charge in [-0.2, -0.15) is 0 Å². The van der Waals surface area contributed by atoms with Crippen LogP contribution in [0.1, 0.15) is 18.9 Å². The number of nitrogens with one attached hydrogen (secondary N) is 1. The minimum atomic E-state index is -1.04. The van der Waals surface area contributed by atoms with Crippen LogP contribution in [0, 0.1) is 0 Å². The van der Waals surface area contributed by atoms with E-state index in [0.29, 0.717) is 0 Å². The molecule has 0 aliphatic rings. The van der Waals surface area contributed by atoms with Gasteiger partial charge < -0.3 is 10.4 Å². The summed E-state index contributed by atoms with van der Waals surface area (Å²) < 4.78 is 0.755.